The molecule has 0 nitrogen and oxygen atoms in total. The molecule has 0 bridgehead atoms. The van der Waals surface area contributed by atoms with Crippen LogP contribution in [0.25, 0.3) is 0 Å². The van der Waals surface area contributed by atoms with Gasteiger partial charge in [-0.25, -0.2) is 0 Å². The molecule has 0 saturated heterocycles. The zero-order chi connectivity index (χ0) is 16.6. The van der Waals surface area contributed by atoms with Crippen LogP contribution in [0.3, 0.4) is 0 Å². The summed E-state index contributed by atoms with van der Waals surface area (Å²) in [5, 5.41) is 0. The van der Waals surface area contributed by atoms with Gasteiger partial charge in [0.15, 0.2) is 0 Å². The fraction of sp³-hybridized carbons (Fsp3) is 0.647. The first-order valence-electron chi connectivity index (χ1n) is 7.10. The van der Waals surface area contributed by atoms with E-state index in [-0.39, 0.29) is 0 Å². The smallest absolute Gasteiger partial charge is 0.166 e. The minimum absolute atomic E-state index is 0.459. The highest BCUT2D eigenvalue weighted by molar-refractivity contribution is 5.30. The molecular formula is C17H29F3. The van der Waals surface area contributed by atoms with Crippen molar-refractivity contribution in [2.75, 3.05) is 0 Å². The zero-order valence-electron chi connectivity index (χ0n) is 13.7. The maximum absolute atomic E-state index is 12.6. The van der Waals surface area contributed by atoms with Crippen LogP contribution in [0.5, 0.6) is 0 Å². The second kappa shape index (κ2) is 9.04. The first-order chi connectivity index (χ1) is 9.07. The van der Waals surface area contributed by atoms with Crippen molar-refractivity contribution in [3.8, 4) is 0 Å². The lowest BCUT2D eigenvalue weighted by molar-refractivity contribution is -0.102. The fourth-order valence-electron chi connectivity index (χ4n) is 1.94. The van der Waals surface area contributed by atoms with Crippen molar-refractivity contribution in [2.45, 2.75) is 60.6 Å². The summed E-state index contributed by atoms with van der Waals surface area (Å²) in [5.74, 6) is 0.459. The zero-order valence-corrected chi connectivity index (χ0v) is 13.7. The molecule has 20 heavy (non-hydrogen) atoms. The molecule has 1 atom stereocenters. The lowest BCUT2D eigenvalue weighted by atomic mass is 9.76. The first kappa shape index (κ1) is 21.3. The van der Waals surface area contributed by atoms with Crippen LogP contribution in [0.4, 0.5) is 13.2 Å². The fourth-order valence-corrected chi connectivity index (χ4v) is 1.94. The lowest BCUT2D eigenvalue weighted by Crippen LogP contribution is -2.27. The van der Waals surface area contributed by atoms with Gasteiger partial charge in [-0.1, -0.05) is 58.9 Å². The highest BCUT2D eigenvalue weighted by Crippen LogP contribution is 2.47. The molecule has 0 aromatic heterocycles. The van der Waals surface area contributed by atoms with E-state index in [1.807, 2.05) is 26.8 Å². The van der Waals surface area contributed by atoms with Crippen molar-refractivity contribution in [2.24, 2.45) is 11.3 Å². The van der Waals surface area contributed by atoms with Gasteiger partial charge in [-0.15, -0.1) is 6.58 Å². The highest BCUT2D eigenvalue weighted by atomic mass is 19.4. The van der Waals surface area contributed by atoms with Gasteiger partial charge in [-0.2, -0.15) is 13.2 Å². The Morgan fingerprint density at radius 2 is 1.70 bits per heavy atom. The molecule has 0 aromatic carbocycles. The van der Waals surface area contributed by atoms with Crippen molar-refractivity contribution in [3.05, 3.63) is 36.5 Å². The third-order valence-corrected chi connectivity index (χ3v) is 3.23. The van der Waals surface area contributed by atoms with Crippen molar-refractivity contribution in [1.82, 2.24) is 0 Å². The molecule has 1 aliphatic carbocycles. The molecule has 0 N–H and O–H groups in total. The van der Waals surface area contributed by atoms with Crippen molar-refractivity contribution >= 4 is 0 Å². The van der Waals surface area contributed by atoms with E-state index in [0.717, 1.165) is 18.4 Å². The number of rotatable bonds is 2. The predicted molar refractivity (Wildman–Crippen MR) is 82.7 cm³/mol. The van der Waals surface area contributed by atoms with Gasteiger partial charge in [0, 0.05) is 11.0 Å². The minimum atomic E-state index is -4.30. The van der Waals surface area contributed by atoms with Gasteiger partial charge in [-0.05, 0) is 25.7 Å². The average Bonchev–Trinajstić information content (AvgIpc) is 2.78. The van der Waals surface area contributed by atoms with Gasteiger partial charge in [0.2, 0.25) is 0 Å². The topological polar surface area (TPSA) is 0 Å². The summed E-state index contributed by atoms with van der Waals surface area (Å²) >= 11 is 0. The summed E-state index contributed by atoms with van der Waals surface area (Å²) in [6.45, 7) is 17.7. The SMILES string of the molecule is C=C(C(F)(F)F)C(C)(C)C1=CCC(C)C1.C=CC.CC. The van der Waals surface area contributed by atoms with Crippen LogP contribution in [0.2, 0.25) is 0 Å². The second-order valence-corrected chi connectivity index (χ2v) is 5.28. The van der Waals surface area contributed by atoms with Crippen LogP contribution in [0.1, 0.15) is 54.4 Å². The summed E-state index contributed by atoms with van der Waals surface area (Å²) in [5.41, 5.74) is -0.726. The van der Waals surface area contributed by atoms with Crippen LogP contribution in [0, 0.1) is 11.3 Å². The lowest BCUT2D eigenvalue weighted by Gasteiger charge is -2.30. The number of alkyl halides is 3. The van der Waals surface area contributed by atoms with Gasteiger partial charge in [0.05, 0.1) is 0 Å². The van der Waals surface area contributed by atoms with E-state index >= 15 is 0 Å². The predicted octanol–water partition coefficient (Wildman–Crippen LogP) is 6.71. The van der Waals surface area contributed by atoms with E-state index in [4.69, 9.17) is 0 Å². The summed E-state index contributed by atoms with van der Waals surface area (Å²) in [6.07, 6.45) is 1.02. The number of halogens is 3. The van der Waals surface area contributed by atoms with Crippen LogP contribution < -0.4 is 0 Å². The summed E-state index contributed by atoms with van der Waals surface area (Å²) in [7, 11) is 0. The van der Waals surface area contributed by atoms with Crippen LogP contribution >= 0.6 is 0 Å². The summed E-state index contributed by atoms with van der Waals surface area (Å²) in [6, 6.07) is 0. The third-order valence-electron chi connectivity index (χ3n) is 3.23. The quantitative estimate of drug-likeness (QED) is 0.496. The molecule has 0 aliphatic heterocycles. The Balaban J connectivity index is 0. The minimum Gasteiger partial charge on any atom is -0.166 e. The van der Waals surface area contributed by atoms with Gasteiger partial charge >= 0.3 is 6.18 Å². The van der Waals surface area contributed by atoms with Gasteiger partial charge in [0.25, 0.3) is 0 Å². The van der Waals surface area contributed by atoms with E-state index in [2.05, 4.69) is 20.1 Å². The number of allylic oxidation sites excluding steroid dienone is 4. The largest absolute Gasteiger partial charge is 0.412 e. The summed E-state index contributed by atoms with van der Waals surface area (Å²) < 4.78 is 37.7. The molecule has 1 rings (SSSR count). The molecular weight excluding hydrogens is 261 g/mol. The molecule has 1 unspecified atom stereocenters. The monoisotopic (exact) mass is 290 g/mol. The van der Waals surface area contributed by atoms with E-state index in [1.54, 1.807) is 19.9 Å². The normalized spacial score (nSPS) is 18.1. The molecule has 0 saturated carbocycles. The molecule has 0 amide bonds. The van der Waals surface area contributed by atoms with Crippen molar-refractivity contribution < 1.29 is 13.2 Å². The number of hydrogen-bond acceptors (Lipinski definition) is 0. The molecule has 0 fully saturated rings. The van der Waals surface area contributed by atoms with E-state index < -0.39 is 17.2 Å². The Labute approximate surface area is 122 Å². The Bertz CT molecular complexity index is 333. The molecule has 0 aromatic rings. The Morgan fingerprint density at radius 3 is 1.95 bits per heavy atom. The van der Waals surface area contributed by atoms with Gasteiger partial charge in [-0.3, -0.25) is 0 Å². The molecule has 118 valence electrons. The molecule has 0 spiro atoms. The molecule has 0 heterocycles. The Kier molecular flexibility index (Phi) is 9.63. The molecule has 3 heteroatoms. The molecule has 1 aliphatic rings. The van der Waals surface area contributed by atoms with Gasteiger partial charge in [0.1, 0.15) is 0 Å². The second-order valence-electron chi connectivity index (χ2n) is 5.28. The van der Waals surface area contributed by atoms with Crippen LogP contribution in [-0.2, 0) is 0 Å². The van der Waals surface area contributed by atoms with Gasteiger partial charge < -0.3 is 0 Å². The summed E-state index contributed by atoms with van der Waals surface area (Å²) in [4.78, 5) is 0. The van der Waals surface area contributed by atoms with Crippen molar-refractivity contribution in [1.29, 1.82) is 0 Å². The maximum atomic E-state index is 12.6. The standard InChI is InChI=1S/C12H17F3.C3H6.C2H6/c1-8-5-6-10(7-8)11(3,4)9(2)12(13,14)15;1-3-2;1-2/h6,8H,2,5,7H2,1,3-4H3;3H,1H2,2H3;1-2H3. The number of hydrogen-bond donors (Lipinski definition) is 0. The van der Waals surface area contributed by atoms with E-state index in [0.29, 0.717) is 5.92 Å². The van der Waals surface area contributed by atoms with E-state index in [9.17, 15) is 13.2 Å². The van der Waals surface area contributed by atoms with Crippen LogP contribution in [-0.4, -0.2) is 6.18 Å². The average molecular weight is 290 g/mol. The van der Waals surface area contributed by atoms with Crippen LogP contribution in [0.15, 0.2) is 36.5 Å². The molecule has 0 radical (unpaired) electrons. The van der Waals surface area contributed by atoms with Crippen molar-refractivity contribution in [3.63, 3.8) is 0 Å². The first-order valence-corrected chi connectivity index (χ1v) is 7.10. The van der Waals surface area contributed by atoms with E-state index in [1.165, 1.54) is 0 Å². The highest BCUT2D eigenvalue weighted by Gasteiger charge is 2.43. The third kappa shape index (κ3) is 6.44. The Morgan fingerprint density at radius 1 is 1.30 bits per heavy atom. The maximum Gasteiger partial charge on any atom is 0.412 e. The Hall–Kier alpha value is -0.990.